The third kappa shape index (κ3) is 2.62. The molecule has 20 heavy (non-hydrogen) atoms. The van der Waals surface area contributed by atoms with Gasteiger partial charge in [-0.15, -0.1) is 0 Å². The molecule has 3 aromatic rings. The molecule has 98 valence electrons. The number of nitrogens with zero attached hydrogens (tertiary/aromatic N) is 1. The molecule has 0 bridgehead atoms. The van der Waals surface area contributed by atoms with Crippen LogP contribution >= 0.6 is 0 Å². The predicted octanol–water partition coefficient (Wildman–Crippen LogP) is 5.03. The molecule has 0 saturated heterocycles. The number of pyridine rings is 1. The Bertz CT molecular complexity index is 824. The van der Waals surface area contributed by atoms with E-state index >= 15 is 0 Å². The van der Waals surface area contributed by atoms with Gasteiger partial charge in [0, 0.05) is 15.9 Å². The molecule has 0 aliphatic rings. The van der Waals surface area contributed by atoms with Gasteiger partial charge >= 0.3 is 0 Å². The van der Waals surface area contributed by atoms with Crippen LogP contribution in [0, 0.1) is 13.8 Å². The van der Waals surface area contributed by atoms with Crippen LogP contribution in [0.3, 0.4) is 0 Å². The Hall–Kier alpha value is -2.41. The zero-order valence-corrected chi connectivity index (χ0v) is 11.3. The molecule has 0 saturated carbocycles. The van der Waals surface area contributed by atoms with Crippen molar-refractivity contribution in [2.45, 2.75) is 13.8 Å². The summed E-state index contributed by atoms with van der Waals surface area (Å²) in [4.78, 5) is 4.42. The van der Waals surface area contributed by atoms with Gasteiger partial charge in [0.2, 0.25) is 0 Å². The molecule has 0 spiro atoms. The van der Waals surface area contributed by atoms with Crippen LogP contribution in [0.5, 0.6) is 0 Å². The van der Waals surface area contributed by atoms with E-state index < -0.39 is 6.85 Å². The molecular formula is C19H17N. The Kier molecular flexibility index (Phi) is 2.51. The zero-order valence-electron chi connectivity index (χ0n) is 14.3. The average molecular weight is 262 g/mol. The largest absolute Gasteiger partial charge is 0.256 e. The number of benzene rings is 2. The zero-order chi connectivity index (χ0) is 16.4. The van der Waals surface area contributed by atoms with Crippen molar-refractivity contribution in [1.82, 2.24) is 4.98 Å². The van der Waals surface area contributed by atoms with Gasteiger partial charge in [-0.3, -0.25) is 4.98 Å². The third-order valence-electron chi connectivity index (χ3n) is 3.24. The van der Waals surface area contributed by atoms with Crippen molar-refractivity contribution >= 4 is 0 Å². The summed E-state index contributed by atoms with van der Waals surface area (Å²) in [7, 11) is 0. The van der Waals surface area contributed by atoms with Crippen LogP contribution in [0.4, 0.5) is 0 Å². The standard InChI is InChI=1S/C19H17N/c1-14-10-15(2)12-18(11-14)17-8-9-20-19(13-17)16-6-4-3-5-7-16/h3-13H,1-2H3/i1D3. The first-order valence-corrected chi connectivity index (χ1v) is 6.57. The van der Waals surface area contributed by atoms with Gasteiger partial charge in [-0.25, -0.2) is 0 Å². The van der Waals surface area contributed by atoms with E-state index in [0.717, 1.165) is 27.9 Å². The van der Waals surface area contributed by atoms with E-state index in [1.165, 1.54) is 0 Å². The normalized spacial score (nSPS) is 13.3. The van der Waals surface area contributed by atoms with Crippen molar-refractivity contribution < 1.29 is 4.11 Å². The number of hydrogen-bond acceptors (Lipinski definition) is 1. The fourth-order valence-electron chi connectivity index (χ4n) is 2.33. The second kappa shape index (κ2) is 5.30. The molecule has 0 N–H and O–H groups in total. The van der Waals surface area contributed by atoms with Crippen LogP contribution < -0.4 is 0 Å². The Morgan fingerprint density at radius 3 is 2.40 bits per heavy atom. The van der Waals surface area contributed by atoms with E-state index in [4.69, 9.17) is 4.11 Å². The smallest absolute Gasteiger partial charge is 0.0708 e. The highest BCUT2D eigenvalue weighted by Crippen LogP contribution is 2.25. The van der Waals surface area contributed by atoms with Gasteiger partial charge in [-0.2, -0.15) is 0 Å². The van der Waals surface area contributed by atoms with Gasteiger partial charge in [0.1, 0.15) is 0 Å². The molecule has 0 aliphatic heterocycles. The summed E-state index contributed by atoms with van der Waals surface area (Å²) in [6.07, 6.45) is 1.76. The van der Waals surface area contributed by atoms with Crippen molar-refractivity contribution in [2.75, 3.05) is 0 Å². The SMILES string of the molecule is [2H]C([2H])([2H])c1cc(C)cc(-c2ccnc(-c3ccccc3)c2)c1. The predicted molar refractivity (Wildman–Crippen MR) is 84.6 cm³/mol. The fourth-order valence-corrected chi connectivity index (χ4v) is 2.33. The average Bonchev–Trinajstić information content (AvgIpc) is 2.54. The first-order chi connectivity index (χ1) is 10.9. The summed E-state index contributed by atoms with van der Waals surface area (Å²) in [5, 5.41) is 0. The Morgan fingerprint density at radius 2 is 1.60 bits per heavy atom. The highest BCUT2D eigenvalue weighted by Gasteiger charge is 2.03. The first kappa shape index (κ1) is 9.49. The van der Waals surface area contributed by atoms with E-state index in [-0.39, 0.29) is 0 Å². The van der Waals surface area contributed by atoms with Crippen LogP contribution in [0.15, 0.2) is 66.9 Å². The molecular weight excluding hydrogens is 242 g/mol. The van der Waals surface area contributed by atoms with Crippen molar-refractivity contribution in [1.29, 1.82) is 0 Å². The van der Waals surface area contributed by atoms with Crippen LogP contribution in [-0.4, -0.2) is 4.98 Å². The maximum absolute atomic E-state index is 7.63. The second-order valence-electron chi connectivity index (χ2n) is 4.88. The molecule has 0 fully saturated rings. The molecule has 3 rings (SSSR count). The van der Waals surface area contributed by atoms with Crippen LogP contribution in [-0.2, 0) is 0 Å². The molecule has 1 aromatic heterocycles. The highest BCUT2D eigenvalue weighted by molar-refractivity contribution is 5.71. The lowest BCUT2D eigenvalue weighted by Crippen LogP contribution is -1.87. The minimum Gasteiger partial charge on any atom is -0.256 e. The Morgan fingerprint density at radius 1 is 0.800 bits per heavy atom. The molecule has 0 radical (unpaired) electrons. The number of aromatic nitrogens is 1. The molecule has 0 unspecified atom stereocenters. The molecule has 1 heteroatoms. The topological polar surface area (TPSA) is 12.9 Å². The number of hydrogen-bond donors (Lipinski definition) is 0. The minimum atomic E-state index is -2.10. The van der Waals surface area contributed by atoms with Crippen molar-refractivity contribution in [3.63, 3.8) is 0 Å². The lowest BCUT2D eigenvalue weighted by molar-refractivity contribution is 1.32. The summed E-state index contributed by atoms with van der Waals surface area (Å²) in [5.41, 5.74) is 5.08. The Balaban J connectivity index is 2.08. The third-order valence-corrected chi connectivity index (χ3v) is 3.24. The Labute approximate surface area is 124 Å². The van der Waals surface area contributed by atoms with Gasteiger partial charge in [-0.1, -0.05) is 59.7 Å². The van der Waals surface area contributed by atoms with Gasteiger partial charge in [-0.05, 0) is 37.0 Å². The lowest BCUT2D eigenvalue weighted by Gasteiger charge is -2.07. The van der Waals surface area contributed by atoms with Gasteiger partial charge in [0.25, 0.3) is 0 Å². The van der Waals surface area contributed by atoms with Gasteiger partial charge < -0.3 is 0 Å². The van der Waals surface area contributed by atoms with Crippen molar-refractivity contribution in [2.24, 2.45) is 0 Å². The maximum Gasteiger partial charge on any atom is 0.0708 e. The van der Waals surface area contributed by atoms with Crippen LogP contribution in [0.25, 0.3) is 22.4 Å². The van der Waals surface area contributed by atoms with E-state index in [0.29, 0.717) is 5.56 Å². The highest BCUT2D eigenvalue weighted by atomic mass is 14.7. The molecule has 1 nitrogen and oxygen atoms in total. The molecule has 0 aliphatic carbocycles. The lowest BCUT2D eigenvalue weighted by atomic mass is 10.00. The quantitative estimate of drug-likeness (QED) is 0.631. The van der Waals surface area contributed by atoms with Gasteiger partial charge in [0.05, 0.1) is 5.69 Å². The van der Waals surface area contributed by atoms with Gasteiger partial charge in [0.15, 0.2) is 0 Å². The molecule has 1 heterocycles. The number of rotatable bonds is 2. The second-order valence-corrected chi connectivity index (χ2v) is 4.88. The maximum atomic E-state index is 7.63. The number of aryl methyl sites for hydroxylation is 2. The molecule has 2 aromatic carbocycles. The van der Waals surface area contributed by atoms with E-state index in [1.54, 1.807) is 18.3 Å². The summed E-state index contributed by atoms with van der Waals surface area (Å²) in [6.45, 7) is -0.186. The van der Waals surface area contributed by atoms with Crippen LogP contribution in [0.1, 0.15) is 15.2 Å². The van der Waals surface area contributed by atoms with E-state index in [2.05, 4.69) is 4.98 Å². The summed E-state index contributed by atoms with van der Waals surface area (Å²) < 4.78 is 22.9. The minimum absolute atomic E-state index is 0.366. The molecule has 0 atom stereocenters. The summed E-state index contributed by atoms with van der Waals surface area (Å²) >= 11 is 0. The van der Waals surface area contributed by atoms with Crippen LogP contribution in [0.2, 0.25) is 0 Å². The molecule has 0 amide bonds. The van der Waals surface area contributed by atoms with E-state index in [1.807, 2.05) is 55.5 Å². The van der Waals surface area contributed by atoms with E-state index in [9.17, 15) is 0 Å². The van der Waals surface area contributed by atoms with Crippen molar-refractivity contribution in [3.05, 3.63) is 78.0 Å². The van der Waals surface area contributed by atoms with Crippen molar-refractivity contribution in [3.8, 4) is 22.4 Å². The fraction of sp³-hybridized carbons (Fsp3) is 0.105. The first-order valence-electron chi connectivity index (χ1n) is 8.07. The monoisotopic (exact) mass is 262 g/mol. The summed E-state index contributed by atoms with van der Waals surface area (Å²) in [6, 6.07) is 19.3. The summed E-state index contributed by atoms with van der Waals surface area (Å²) in [5.74, 6) is 0.